The molecule has 0 aromatic heterocycles. The summed E-state index contributed by atoms with van der Waals surface area (Å²) in [5.74, 6) is -0.811. The van der Waals surface area contributed by atoms with Crippen molar-refractivity contribution in [3.05, 3.63) is 29.3 Å². The van der Waals surface area contributed by atoms with Crippen LogP contribution in [0.25, 0.3) is 0 Å². The maximum absolute atomic E-state index is 11.5. The van der Waals surface area contributed by atoms with Gasteiger partial charge >= 0.3 is 5.97 Å². The first kappa shape index (κ1) is 12.1. The lowest BCUT2D eigenvalue weighted by molar-refractivity contribution is 0.0522. The normalized spacial score (nSPS) is 10.4. The molecule has 1 aromatic rings. The number of halogens is 2. The summed E-state index contributed by atoms with van der Waals surface area (Å²) in [5.41, 5.74) is 0.367. The van der Waals surface area contributed by atoms with Crippen LogP contribution in [0.5, 0.6) is 5.75 Å². The van der Waals surface area contributed by atoms with E-state index in [-0.39, 0.29) is 17.9 Å². The van der Waals surface area contributed by atoms with Crippen molar-refractivity contribution in [3.8, 4) is 5.75 Å². The molecule has 15 heavy (non-hydrogen) atoms. The van der Waals surface area contributed by atoms with E-state index in [1.807, 2.05) is 0 Å². The molecule has 0 radical (unpaired) electrons. The predicted octanol–water partition coefficient (Wildman–Crippen LogP) is 3.05. The summed E-state index contributed by atoms with van der Waals surface area (Å²) in [6.45, 7) is 1.90. The number of phenolic OH excluding ortho intramolecular Hbond substituents is 1. The second kappa shape index (κ2) is 5.24. The van der Waals surface area contributed by atoms with E-state index < -0.39 is 10.8 Å². The molecule has 0 saturated carbocycles. The lowest BCUT2D eigenvalue weighted by Crippen LogP contribution is -2.08. The molecule has 0 spiro atoms. The molecule has 1 rings (SSSR count). The highest BCUT2D eigenvalue weighted by molar-refractivity contribution is 6.44. The van der Waals surface area contributed by atoms with Crippen molar-refractivity contribution in [2.45, 2.75) is 11.8 Å². The molecule has 0 aliphatic heterocycles. The van der Waals surface area contributed by atoms with Crippen LogP contribution in [0.4, 0.5) is 0 Å². The van der Waals surface area contributed by atoms with Crippen molar-refractivity contribution in [2.24, 2.45) is 0 Å². The monoisotopic (exact) mass is 248 g/mol. The fourth-order valence-electron chi connectivity index (χ4n) is 1.17. The molecule has 5 heteroatoms. The molecule has 0 amide bonds. The van der Waals surface area contributed by atoms with Crippen molar-refractivity contribution >= 4 is 29.2 Å². The summed E-state index contributed by atoms with van der Waals surface area (Å²) >= 11 is 11.3. The Hall–Kier alpha value is -0.930. The van der Waals surface area contributed by atoms with Gasteiger partial charge in [0.1, 0.15) is 16.1 Å². The van der Waals surface area contributed by atoms with Crippen LogP contribution in [-0.4, -0.2) is 17.7 Å². The zero-order valence-electron chi connectivity index (χ0n) is 8.04. The maximum Gasteiger partial charge on any atom is 0.342 e. The Bertz CT molecular complexity index is 364. The summed E-state index contributed by atoms with van der Waals surface area (Å²) in [5, 5.41) is 9.52. The first-order valence-corrected chi connectivity index (χ1v) is 5.22. The van der Waals surface area contributed by atoms with Crippen LogP contribution in [0, 0.1) is 0 Å². The molecule has 82 valence electrons. The van der Waals surface area contributed by atoms with Crippen LogP contribution in [0.15, 0.2) is 18.2 Å². The van der Waals surface area contributed by atoms with Crippen molar-refractivity contribution in [1.29, 1.82) is 0 Å². The molecule has 1 aromatic carbocycles. The van der Waals surface area contributed by atoms with Gasteiger partial charge in [-0.05, 0) is 13.0 Å². The van der Waals surface area contributed by atoms with Gasteiger partial charge in [-0.2, -0.15) is 0 Å². The van der Waals surface area contributed by atoms with Gasteiger partial charge in [0.15, 0.2) is 0 Å². The van der Waals surface area contributed by atoms with Gasteiger partial charge in [-0.15, -0.1) is 23.2 Å². The molecule has 0 bridgehead atoms. The largest absolute Gasteiger partial charge is 0.507 e. The van der Waals surface area contributed by atoms with E-state index in [0.29, 0.717) is 5.56 Å². The zero-order valence-corrected chi connectivity index (χ0v) is 9.55. The van der Waals surface area contributed by atoms with Gasteiger partial charge in [0.25, 0.3) is 0 Å². The number of esters is 1. The highest BCUT2D eigenvalue weighted by Crippen LogP contribution is 2.32. The summed E-state index contributed by atoms with van der Waals surface area (Å²) in [6.07, 6.45) is 0. The van der Waals surface area contributed by atoms with Gasteiger partial charge in [0.2, 0.25) is 0 Å². The van der Waals surface area contributed by atoms with E-state index in [4.69, 9.17) is 27.9 Å². The Kier molecular flexibility index (Phi) is 4.24. The summed E-state index contributed by atoms with van der Waals surface area (Å²) < 4.78 is 4.78. The van der Waals surface area contributed by atoms with E-state index >= 15 is 0 Å². The number of hydrogen-bond donors (Lipinski definition) is 1. The first-order valence-electron chi connectivity index (χ1n) is 4.35. The van der Waals surface area contributed by atoms with Crippen LogP contribution >= 0.6 is 23.2 Å². The van der Waals surface area contributed by atoms with Crippen LogP contribution in [0.1, 0.15) is 27.7 Å². The molecular formula is C10H10Cl2O3. The molecule has 0 unspecified atom stereocenters. The number of carbonyl (C=O) groups excluding carboxylic acids is 1. The third-order valence-corrected chi connectivity index (χ3v) is 2.26. The molecular weight excluding hydrogens is 239 g/mol. The Morgan fingerprint density at radius 1 is 1.53 bits per heavy atom. The standard InChI is InChI=1S/C10H10Cl2O3/c1-2-15-10(14)8-6(9(11)12)4-3-5-7(8)13/h3-5,9,13H,2H2,1H3. The number of carbonyl (C=O) groups is 1. The highest BCUT2D eigenvalue weighted by Gasteiger charge is 2.20. The van der Waals surface area contributed by atoms with Crippen molar-refractivity contribution in [1.82, 2.24) is 0 Å². The van der Waals surface area contributed by atoms with Crippen LogP contribution in [0.2, 0.25) is 0 Å². The van der Waals surface area contributed by atoms with E-state index in [2.05, 4.69) is 0 Å². The fourth-order valence-corrected chi connectivity index (χ4v) is 1.53. The minimum atomic E-state index is -0.878. The zero-order chi connectivity index (χ0) is 11.4. The van der Waals surface area contributed by atoms with Gasteiger partial charge in [-0.1, -0.05) is 12.1 Å². The Labute approximate surface area is 97.6 Å². The van der Waals surface area contributed by atoms with Crippen molar-refractivity contribution in [2.75, 3.05) is 6.61 Å². The van der Waals surface area contributed by atoms with Gasteiger partial charge in [-0.3, -0.25) is 0 Å². The number of ether oxygens (including phenoxy) is 1. The lowest BCUT2D eigenvalue weighted by Gasteiger charge is -2.10. The second-order valence-corrected chi connectivity index (χ2v) is 3.86. The molecule has 0 fully saturated rings. The summed E-state index contributed by atoms with van der Waals surface area (Å²) in [6, 6.07) is 4.51. The number of benzene rings is 1. The van der Waals surface area contributed by atoms with Crippen LogP contribution in [0.3, 0.4) is 0 Å². The topological polar surface area (TPSA) is 46.5 Å². The predicted molar refractivity (Wildman–Crippen MR) is 58.5 cm³/mol. The van der Waals surface area contributed by atoms with E-state index in [9.17, 15) is 9.90 Å². The number of hydrogen-bond acceptors (Lipinski definition) is 3. The average Bonchev–Trinajstić information content (AvgIpc) is 2.17. The molecule has 0 aliphatic rings. The smallest absolute Gasteiger partial charge is 0.342 e. The minimum Gasteiger partial charge on any atom is -0.507 e. The van der Waals surface area contributed by atoms with E-state index in [1.165, 1.54) is 6.07 Å². The molecule has 3 nitrogen and oxygen atoms in total. The average molecular weight is 249 g/mol. The van der Waals surface area contributed by atoms with Gasteiger partial charge < -0.3 is 9.84 Å². The highest BCUT2D eigenvalue weighted by atomic mass is 35.5. The minimum absolute atomic E-state index is 0.0225. The Balaban J connectivity index is 3.18. The van der Waals surface area contributed by atoms with Gasteiger partial charge in [0, 0.05) is 5.56 Å². The quantitative estimate of drug-likeness (QED) is 0.661. The fraction of sp³-hybridized carbons (Fsp3) is 0.300. The number of rotatable bonds is 3. The summed E-state index contributed by atoms with van der Waals surface area (Å²) in [7, 11) is 0. The van der Waals surface area contributed by atoms with Crippen LogP contribution < -0.4 is 0 Å². The first-order chi connectivity index (χ1) is 7.07. The van der Waals surface area contributed by atoms with Crippen LogP contribution in [-0.2, 0) is 4.74 Å². The number of aromatic hydroxyl groups is 1. The third-order valence-electron chi connectivity index (χ3n) is 1.79. The molecule has 0 atom stereocenters. The SMILES string of the molecule is CCOC(=O)c1c(O)cccc1C(Cl)Cl. The van der Waals surface area contributed by atoms with Crippen molar-refractivity contribution < 1.29 is 14.6 Å². The molecule has 0 aliphatic carbocycles. The molecule has 0 heterocycles. The maximum atomic E-state index is 11.5. The third kappa shape index (κ3) is 2.76. The molecule has 0 saturated heterocycles. The van der Waals surface area contributed by atoms with E-state index in [1.54, 1.807) is 19.1 Å². The van der Waals surface area contributed by atoms with E-state index in [0.717, 1.165) is 0 Å². The Morgan fingerprint density at radius 3 is 2.73 bits per heavy atom. The second-order valence-electron chi connectivity index (χ2n) is 2.76. The van der Waals surface area contributed by atoms with Gasteiger partial charge in [0.05, 0.1) is 6.61 Å². The number of alkyl halides is 2. The van der Waals surface area contributed by atoms with Gasteiger partial charge in [-0.25, -0.2) is 4.79 Å². The number of phenols is 1. The summed E-state index contributed by atoms with van der Waals surface area (Å²) in [4.78, 5) is 10.6. The Morgan fingerprint density at radius 2 is 2.20 bits per heavy atom. The molecule has 1 N–H and O–H groups in total. The van der Waals surface area contributed by atoms with Crippen molar-refractivity contribution in [3.63, 3.8) is 0 Å². The lowest BCUT2D eigenvalue weighted by atomic mass is 10.1.